The smallest absolute Gasteiger partial charge is 0.361 e. The van der Waals surface area contributed by atoms with Crippen molar-refractivity contribution in [1.82, 2.24) is 5.32 Å². The summed E-state index contributed by atoms with van der Waals surface area (Å²) in [7, 11) is 1.65. The van der Waals surface area contributed by atoms with Crippen molar-refractivity contribution in [3.05, 3.63) is 0 Å². The Hall–Kier alpha value is -0.500. The van der Waals surface area contributed by atoms with Gasteiger partial charge in [-0.1, -0.05) is 0 Å². The topological polar surface area (TPSA) is 21.3 Å². The van der Waals surface area contributed by atoms with Gasteiger partial charge in [0.1, 0.15) is 0 Å². The molecule has 0 saturated carbocycles. The normalized spacial score (nSPS) is 15.4. The first-order chi connectivity index (χ1) is 7.59. The summed E-state index contributed by atoms with van der Waals surface area (Å²) in [5.41, 5.74) is 0. The third-order valence-electron chi connectivity index (χ3n) is 2.15. The van der Waals surface area contributed by atoms with Crippen LogP contribution in [0, 0.1) is 0 Å². The van der Waals surface area contributed by atoms with E-state index in [4.69, 9.17) is 0 Å². The molecule has 17 heavy (non-hydrogen) atoms. The molecular weight excluding hydrogens is 252 g/mol. The molecule has 1 unspecified atom stereocenters. The van der Waals surface area contributed by atoms with Crippen LogP contribution in [0.4, 0.5) is 26.3 Å². The lowest BCUT2D eigenvalue weighted by Gasteiger charge is -2.23. The Bertz CT molecular complexity index is 201. The largest absolute Gasteiger partial charge is 0.423 e. The first-order valence-corrected chi connectivity index (χ1v) is 5.01. The van der Waals surface area contributed by atoms with E-state index >= 15 is 0 Å². The second-order valence-electron chi connectivity index (χ2n) is 3.67. The van der Waals surface area contributed by atoms with Crippen LogP contribution in [-0.4, -0.2) is 38.2 Å². The van der Waals surface area contributed by atoms with E-state index in [-0.39, 0.29) is 12.5 Å². The van der Waals surface area contributed by atoms with Crippen molar-refractivity contribution in [3.63, 3.8) is 0 Å². The Labute approximate surface area is 95.3 Å². The number of ether oxygens (including phenoxy) is 1. The second-order valence-corrected chi connectivity index (χ2v) is 3.67. The fraction of sp³-hybridized carbons (Fsp3) is 1.00. The van der Waals surface area contributed by atoms with Crippen molar-refractivity contribution in [3.8, 4) is 0 Å². The summed E-state index contributed by atoms with van der Waals surface area (Å²) < 4.78 is 76.0. The van der Waals surface area contributed by atoms with Crippen molar-refractivity contribution in [2.45, 2.75) is 44.3 Å². The molecule has 0 aromatic rings. The van der Waals surface area contributed by atoms with E-state index in [1.807, 2.05) is 0 Å². The zero-order valence-electron chi connectivity index (χ0n) is 9.45. The van der Waals surface area contributed by atoms with Crippen molar-refractivity contribution < 1.29 is 31.1 Å². The van der Waals surface area contributed by atoms with Gasteiger partial charge in [-0.3, -0.25) is 0 Å². The molecule has 0 aliphatic heterocycles. The highest BCUT2D eigenvalue weighted by Crippen LogP contribution is 2.35. The lowest BCUT2D eigenvalue weighted by atomic mass is 10.2. The number of alkyl halides is 6. The summed E-state index contributed by atoms with van der Waals surface area (Å²) in [5.74, 6) is 0. The maximum absolute atomic E-state index is 12.0. The van der Waals surface area contributed by atoms with Gasteiger partial charge in [0.2, 0.25) is 6.10 Å². The standard InChI is InChI=1S/C9H15F6NO/c1-6(16-2)4-3-5-17-7(8(10,11)12)9(13,14)15/h6-7,16H,3-5H2,1-2H3. The summed E-state index contributed by atoms with van der Waals surface area (Å²) in [6.45, 7) is 1.20. The van der Waals surface area contributed by atoms with Gasteiger partial charge in [0.05, 0.1) is 0 Å². The quantitative estimate of drug-likeness (QED) is 0.590. The minimum absolute atomic E-state index is 0.0221. The fourth-order valence-electron chi connectivity index (χ4n) is 1.11. The lowest BCUT2D eigenvalue weighted by Crippen LogP contribution is -2.44. The Morgan fingerprint density at radius 1 is 1.06 bits per heavy atom. The van der Waals surface area contributed by atoms with E-state index in [0.717, 1.165) is 0 Å². The molecule has 0 aliphatic rings. The average Bonchev–Trinajstić information content (AvgIpc) is 2.12. The molecule has 0 aromatic heterocycles. The monoisotopic (exact) mass is 267 g/mol. The van der Waals surface area contributed by atoms with Crippen molar-refractivity contribution in [1.29, 1.82) is 0 Å². The highest BCUT2D eigenvalue weighted by molar-refractivity contribution is 4.76. The zero-order chi connectivity index (χ0) is 13.7. The Morgan fingerprint density at radius 2 is 1.53 bits per heavy atom. The van der Waals surface area contributed by atoms with Gasteiger partial charge in [-0.25, -0.2) is 0 Å². The van der Waals surface area contributed by atoms with E-state index in [0.29, 0.717) is 6.42 Å². The van der Waals surface area contributed by atoms with Gasteiger partial charge < -0.3 is 10.1 Å². The maximum atomic E-state index is 12.0. The van der Waals surface area contributed by atoms with E-state index < -0.39 is 25.1 Å². The minimum Gasteiger partial charge on any atom is -0.361 e. The van der Waals surface area contributed by atoms with E-state index in [2.05, 4.69) is 10.1 Å². The summed E-state index contributed by atoms with van der Waals surface area (Å²) >= 11 is 0. The molecule has 0 aromatic carbocycles. The molecule has 0 rings (SSSR count). The van der Waals surface area contributed by atoms with E-state index in [9.17, 15) is 26.3 Å². The Balaban J connectivity index is 4.12. The van der Waals surface area contributed by atoms with Crippen LogP contribution in [0.2, 0.25) is 0 Å². The molecule has 1 atom stereocenters. The molecule has 0 bridgehead atoms. The van der Waals surface area contributed by atoms with Crippen LogP contribution in [0.15, 0.2) is 0 Å². The first-order valence-electron chi connectivity index (χ1n) is 5.01. The molecular formula is C9H15F6NO. The Morgan fingerprint density at radius 3 is 1.88 bits per heavy atom. The van der Waals surface area contributed by atoms with Gasteiger partial charge in [-0.05, 0) is 26.8 Å². The van der Waals surface area contributed by atoms with Gasteiger partial charge in [-0.2, -0.15) is 26.3 Å². The Kier molecular flexibility index (Phi) is 6.25. The number of halogens is 6. The predicted octanol–water partition coefficient (Wildman–Crippen LogP) is 2.88. The van der Waals surface area contributed by atoms with Gasteiger partial charge in [-0.15, -0.1) is 0 Å². The summed E-state index contributed by atoms with van der Waals surface area (Å²) in [5, 5.41) is 2.81. The van der Waals surface area contributed by atoms with Crippen molar-refractivity contribution in [2.24, 2.45) is 0 Å². The number of rotatable bonds is 6. The molecule has 0 aliphatic carbocycles. The van der Waals surface area contributed by atoms with E-state index in [1.165, 1.54) is 0 Å². The zero-order valence-corrected chi connectivity index (χ0v) is 9.45. The molecule has 104 valence electrons. The third-order valence-corrected chi connectivity index (χ3v) is 2.15. The lowest BCUT2D eigenvalue weighted by molar-refractivity contribution is -0.321. The minimum atomic E-state index is -5.42. The molecule has 0 radical (unpaired) electrons. The van der Waals surface area contributed by atoms with Crippen LogP contribution in [-0.2, 0) is 4.74 Å². The van der Waals surface area contributed by atoms with Crippen LogP contribution in [0.5, 0.6) is 0 Å². The number of nitrogens with one attached hydrogen (secondary N) is 1. The molecule has 0 spiro atoms. The molecule has 0 saturated heterocycles. The van der Waals surface area contributed by atoms with Gasteiger partial charge >= 0.3 is 12.4 Å². The molecule has 1 N–H and O–H groups in total. The second kappa shape index (κ2) is 6.44. The number of hydrogen-bond acceptors (Lipinski definition) is 2. The maximum Gasteiger partial charge on any atom is 0.423 e. The van der Waals surface area contributed by atoms with Crippen LogP contribution < -0.4 is 5.32 Å². The SMILES string of the molecule is CNC(C)CCCOC(C(F)(F)F)C(F)(F)F. The molecule has 0 amide bonds. The van der Waals surface area contributed by atoms with Crippen molar-refractivity contribution in [2.75, 3.05) is 13.7 Å². The van der Waals surface area contributed by atoms with Crippen LogP contribution in [0.25, 0.3) is 0 Å². The molecule has 0 heterocycles. The van der Waals surface area contributed by atoms with Crippen LogP contribution in [0.1, 0.15) is 19.8 Å². The average molecular weight is 267 g/mol. The fourth-order valence-corrected chi connectivity index (χ4v) is 1.11. The summed E-state index contributed by atoms with van der Waals surface area (Å²) in [6.07, 6.45) is -14.0. The van der Waals surface area contributed by atoms with Crippen molar-refractivity contribution >= 4 is 0 Å². The summed E-state index contributed by atoms with van der Waals surface area (Å²) in [4.78, 5) is 0. The molecule has 2 nitrogen and oxygen atoms in total. The highest BCUT2D eigenvalue weighted by atomic mass is 19.4. The predicted molar refractivity (Wildman–Crippen MR) is 49.6 cm³/mol. The van der Waals surface area contributed by atoms with Gasteiger partial charge in [0.15, 0.2) is 0 Å². The first kappa shape index (κ1) is 16.5. The van der Waals surface area contributed by atoms with Gasteiger partial charge in [0.25, 0.3) is 0 Å². The van der Waals surface area contributed by atoms with Crippen LogP contribution in [0.3, 0.4) is 0 Å². The summed E-state index contributed by atoms with van der Waals surface area (Å²) in [6, 6.07) is 0.0221. The molecule has 0 fully saturated rings. The third kappa shape index (κ3) is 6.72. The van der Waals surface area contributed by atoms with Crippen LogP contribution >= 0.6 is 0 Å². The molecule has 8 heteroatoms. The number of hydrogen-bond donors (Lipinski definition) is 1. The van der Waals surface area contributed by atoms with Gasteiger partial charge in [0, 0.05) is 12.6 Å². The highest BCUT2D eigenvalue weighted by Gasteiger charge is 2.57. The van der Waals surface area contributed by atoms with E-state index in [1.54, 1.807) is 14.0 Å².